The molecule has 1 amide bonds. The number of aromatic nitrogens is 2. The van der Waals surface area contributed by atoms with Gasteiger partial charge in [0, 0.05) is 31.5 Å². The highest BCUT2D eigenvalue weighted by Crippen LogP contribution is 2.46. The van der Waals surface area contributed by atoms with Gasteiger partial charge in [-0.25, -0.2) is 4.68 Å². The van der Waals surface area contributed by atoms with Crippen molar-refractivity contribution < 1.29 is 27.9 Å². The Bertz CT molecular complexity index is 1040. The smallest absolute Gasteiger partial charge is 0.418 e. The third-order valence-electron chi connectivity index (χ3n) is 5.49. The van der Waals surface area contributed by atoms with Crippen molar-refractivity contribution in [2.24, 2.45) is 7.05 Å². The predicted octanol–water partition coefficient (Wildman–Crippen LogP) is 4.42. The lowest BCUT2D eigenvalue weighted by molar-refractivity contribution is -0.137. The monoisotopic (exact) mass is 441 g/mol. The molecule has 2 fully saturated rings. The van der Waals surface area contributed by atoms with Gasteiger partial charge in [-0.05, 0) is 37.8 Å². The van der Waals surface area contributed by atoms with Crippen LogP contribution in [-0.2, 0) is 18.0 Å². The van der Waals surface area contributed by atoms with Crippen LogP contribution >= 0.6 is 11.6 Å². The van der Waals surface area contributed by atoms with Gasteiger partial charge in [-0.2, -0.15) is 18.3 Å². The number of rotatable bonds is 4. The Hall–Kier alpha value is -2.55. The lowest BCUT2D eigenvalue weighted by atomic mass is 9.97. The zero-order valence-electron chi connectivity index (χ0n) is 16.1. The fourth-order valence-electron chi connectivity index (χ4n) is 3.81. The number of aryl methyl sites for hydroxylation is 1. The van der Waals surface area contributed by atoms with Crippen molar-refractivity contribution in [2.45, 2.75) is 44.2 Å². The highest BCUT2D eigenvalue weighted by atomic mass is 35.5. The van der Waals surface area contributed by atoms with Crippen molar-refractivity contribution in [3.63, 3.8) is 0 Å². The molecule has 4 rings (SSSR count). The maximum Gasteiger partial charge on any atom is 0.418 e. The Balaban J connectivity index is 1.87. The van der Waals surface area contributed by atoms with Gasteiger partial charge in [-0.1, -0.05) is 11.6 Å². The molecule has 2 aromatic rings. The van der Waals surface area contributed by atoms with Crippen molar-refractivity contribution in [2.75, 3.05) is 11.4 Å². The van der Waals surface area contributed by atoms with Gasteiger partial charge in [0.2, 0.25) is 17.6 Å². The van der Waals surface area contributed by atoms with Gasteiger partial charge in [0.1, 0.15) is 5.56 Å². The third kappa shape index (κ3) is 3.45. The van der Waals surface area contributed by atoms with Crippen LogP contribution in [0.15, 0.2) is 12.1 Å². The molecule has 2 aliphatic rings. The van der Waals surface area contributed by atoms with Gasteiger partial charge in [-0.3, -0.25) is 9.59 Å². The van der Waals surface area contributed by atoms with E-state index in [1.165, 1.54) is 7.05 Å². The molecule has 6 nitrogen and oxygen atoms in total. The van der Waals surface area contributed by atoms with E-state index >= 15 is 0 Å². The highest BCUT2D eigenvalue weighted by molar-refractivity contribution is 6.38. The number of aromatic hydroxyl groups is 1. The Kier molecular flexibility index (Phi) is 5.04. The van der Waals surface area contributed by atoms with Gasteiger partial charge in [0.05, 0.1) is 22.0 Å². The minimum absolute atomic E-state index is 0.0208. The largest absolute Gasteiger partial charge is 0.493 e. The molecule has 160 valence electrons. The lowest BCUT2D eigenvalue weighted by Gasteiger charge is -2.30. The van der Waals surface area contributed by atoms with Gasteiger partial charge in [0.15, 0.2) is 0 Å². The van der Waals surface area contributed by atoms with Gasteiger partial charge < -0.3 is 10.0 Å². The van der Waals surface area contributed by atoms with E-state index in [4.69, 9.17) is 11.6 Å². The molecular weight excluding hydrogens is 423 g/mol. The average molecular weight is 442 g/mol. The number of anilines is 1. The average Bonchev–Trinajstić information content (AvgIpc) is 3.47. The number of hydrogen-bond acceptors (Lipinski definition) is 4. The number of carbonyl (C=O) groups is 2. The number of nitrogens with zero attached hydrogens (tertiary/aromatic N) is 3. The molecule has 1 saturated carbocycles. The topological polar surface area (TPSA) is 75.4 Å². The second-order valence-corrected chi connectivity index (χ2v) is 8.01. The van der Waals surface area contributed by atoms with Crippen LogP contribution in [0.5, 0.6) is 5.88 Å². The number of piperidine rings is 1. The van der Waals surface area contributed by atoms with E-state index in [0.717, 1.165) is 34.6 Å². The standard InChI is InChI=1S/C20H19ClF3N3O3/c1-26-19(30)14(16(25-26)10-5-6-10)18(29)11-7-8-12(20(22,23)24)17(15(11)21)27-9-3-2-4-13(27)28/h7-8,10,30H,2-6,9H2,1H3. The molecule has 1 saturated heterocycles. The molecule has 1 aromatic carbocycles. The van der Waals surface area contributed by atoms with Crippen molar-refractivity contribution in [1.82, 2.24) is 9.78 Å². The minimum atomic E-state index is -4.76. The Labute approximate surface area is 175 Å². The predicted molar refractivity (Wildman–Crippen MR) is 103 cm³/mol. The summed E-state index contributed by atoms with van der Waals surface area (Å²) in [7, 11) is 1.48. The Morgan fingerprint density at radius 2 is 1.97 bits per heavy atom. The Morgan fingerprint density at radius 3 is 2.57 bits per heavy atom. The van der Waals surface area contributed by atoms with Crippen LogP contribution in [-0.4, -0.2) is 33.1 Å². The highest BCUT2D eigenvalue weighted by Gasteiger charge is 2.40. The molecule has 0 atom stereocenters. The van der Waals surface area contributed by atoms with Gasteiger partial charge in [0.25, 0.3) is 0 Å². The van der Waals surface area contributed by atoms with E-state index < -0.39 is 34.1 Å². The first-order valence-corrected chi connectivity index (χ1v) is 9.99. The molecule has 1 aliphatic heterocycles. The zero-order valence-corrected chi connectivity index (χ0v) is 16.8. The molecule has 2 heterocycles. The number of hydrogen-bond donors (Lipinski definition) is 1. The normalized spacial score (nSPS) is 17.5. The maximum absolute atomic E-state index is 13.7. The first-order chi connectivity index (χ1) is 14.1. The molecule has 0 bridgehead atoms. The van der Waals surface area contributed by atoms with E-state index in [1.807, 2.05) is 0 Å². The van der Waals surface area contributed by atoms with Crippen LogP contribution in [0.25, 0.3) is 0 Å². The summed E-state index contributed by atoms with van der Waals surface area (Å²) in [5.74, 6) is -1.53. The first kappa shape index (κ1) is 20.7. The second-order valence-electron chi connectivity index (χ2n) is 7.63. The van der Waals surface area contributed by atoms with Crippen LogP contribution in [0.4, 0.5) is 18.9 Å². The molecule has 10 heteroatoms. The summed E-state index contributed by atoms with van der Waals surface area (Å²) in [4.78, 5) is 26.6. The van der Waals surface area contributed by atoms with Crippen molar-refractivity contribution in [3.05, 3.63) is 39.5 Å². The fraction of sp³-hybridized carbons (Fsp3) is 0.450. The number of carbonyl (C=O) groups excluding carboxylic acids is 2. The zero-order chi connectivity index (χ0) is 21.8. The van der Waals surface area contributed by atoms with E-state index in [2.05, 4.69) is 5.10 Å². The summed E-state index contributed by atoms with van der Waals surface area (Å²) < 4.78 is 42.2. The summed E-state index contributed by atoms with van der Waals surface area (Å²) in [5, 5.41) is 14.1. The van der Waals surface area contributed by atoms with Crippen LogP contribution in [0, 0.1) is 0 Å². The Morgan fingerprint density at radius 1 is 1.27 bits per heavy atom. The number of halogens is 4. The summed E-state index contributed by atoms with van der Waals surface area (Å²) in [6, 6.07) is 1.76. The fourth-order valence-corrected chi connectivity index (χ4v) is 4.16. The van der Waals surface area contributed by atoms with Crippen LogP contribution in [0.2, 0.25) is 5.02 Å². The quantitative estimate of drug-likeness (QED) is 0.712. The maximum atomic E-state index is 13.7. The SMILES string of the molecule is Cn1nc(C2CC2)c(C(=O)c2ccc(C(F)(F)F)c(N3CCCCC3=O)c2Cl)c1O. The second kappa shape index (κ2) is 7.30. The van der Waals surface area contributed by atoms with Crippen molar-refractivity contribution >= 4 is 29.0 Å². The molecule has 0 radical (unpaired) electrons. The summed E-state index contributed by atoms with van der Waals surface area (Å²) in [5.41, 5.74) is -1.43. The first-order valence-electron chi connectivity index (χ1n) is 9.62. The van der Waals surface area contributed by atoms with Crippen LogP contribution in [0.3, 0.4) is 0 Å². The summed E-state index contributed by atoms with van der Waals surface area (Å²) in [6.45, 7) is 0.0880. The van der Waals surface area contributed by atoms with Gasteiger partial charge in [-0.15, -0.1) is 0 Å². The van der Waals surface area contributed by atoms with E-state index in [9.17, 15) is 27.9 Å². The van der Waals surface area contributed by atoms with Crippen LogP contribution in [0.1, 0.15) is 65.2 Å². The molecule has 1 aromatic heterocycles. The summed E-state index contributed by atoms with van der Waals surface area (Å²) in [6.07, 6.45) is -1.90. The number of alkyl halides is 3. The van der Waals surface area contributed by atoms with Gasteiger partial charge >= 0.3 is 6.18 Å². The number of amides is 1. The van der Waals surface area contributed by atoms with Crippen LogP contribution < -0.4 is 4.90 Å². The minimum Gasteiger partial charge on any atom is -0.493 e. The van der Waals surface area contributed by atoms with E-state index in [0.29, 0.717) is 18.5 Å². The lowest BCUT2D eigenvalue weighted by Crippen LogP contribution is -2.37. The van der Waals surface area contributed by atoms with E-state index in [-0.39, 0.29) is 35.9 Å². The molecule has 1 aliphatic carbocycles. The van der Waals surface area contributed by atoms with E-state index in [1.54, 1.807) is 0 Å². The third-order valence-corrected chi connectivity index (χ3v) is 5.88. The molecule has 1 N–H and O–H groups in total. The van der Waals surface area contributed by atoms with Crippen molar-refractivity contribution in [3.8, 4) is 5.88 Å². The molecule has 0 spiro atoms. The molecule has 30 heavy (non-hydrogen) atoms. The molecular formula is C20H19ClF3N3O3. The number of ketones is 1. The molecule has 0 unspecified atom stereocenters. The summed E-state index contributed by atoms with van der Waals surface area (Å²) >= 11 is 6.35. The number of benzene rings is 1. The van der Waals surface area contributed by atoms with Crippen molar-refractivity contribution in [1.29, 1.82) is 0 Å².